The van der Waals surface area contributed by atoms with Gasteiger partial charge in [-0.3, -0.25) is 9.59 Å². The van der Waals surface area contributed by atoms with Gasteiger partial charge >= 0.3 is 0 Å². The quantitative estimate of drug-likeness (QED) is 0.663. The zero-order valence-corrected chi connectivity index (χ0v) is 16.7. The van der Waals surface area contributed by atoms with E-state index in [9.17, 15) is 18.4 Å². The number of thiazole rings is 1. The van der Waals surface area contributed by atoms with Gasteiger partial charge in [-0.1, -0.05) is 0 Å². The van der Waals surface area contributed by atoms with Gasteiger partial charge in [0.25, 0.3) is 0 Å². The molecule has 0 unspecified atom stereocenters. The fourth-order valence-corrected chi connectivity index (χ4v) is 4.24. The molecule has 1 N–H and O–H groups in total. The smallest absolute Gasteiger partial charge is 0.231 e. The van der Waals surface area contributed by atoms with Crippen LogP contribution in [0.4, 0.5) is 19.6 Å². The van der Waals surface area contributed by atoms with Crippen LogP contribution in [0.1, 0.15) is 6.42 Å². The first-order chi connectivity index (χ1) is 15.0. The molecular weight excluding hydrogens is 428 g/mol. The Kier molecular flexibility index (Phi) is 4.78. The van der Waals surface area contributed by atoms with Crippen LogP contribution in [0.3, 0.4) is 0 Å². The lowest BCUT2D eigenvalue weighted by atomic mass is 10.1. The van der Waals surface area contributed by atoms with E-state index in [4.69, 9.17) is 9.47 Å². The lowest BCUT2D eigenvalue weighted by molar-refractivity contribution is -0.122. The van der Waals surface area contributed by atoms with Crippen molar-refractivity contribution in [3.63, 3.8) is 0 Å². The summed E-state index contributed by atoms with van der Waals surface area (Å²) in [6.45, 7) is 0.365. The predicted octanol–water partition coefficient (Wildman–Crippen LogP) is 3.81. The highest BCUT2D eigenvalue weighted by Crippen LogP contribution is 2.37. The van der Waals surface area contributed by atoms with Crippen LogP contribution >= 0.6 is 11.3 Å². The molecule has 7 nitrogen and oxygen atoms in total. The van der Waals surface area contributed by atoms with Crippen molar-refractivity contribution in [1.82, 2.24) is 4.98 Å². The van der Waals surface area contributed by atoms with Crippen molar-refractivity contribution < 1.29 is 27.8 Å². The molecule has 2 amide bonds. The minimum absolute atomic E-state index is 0.0711. The Labute approximate surface area is 179 Å². The summed E-state index contributed by atoms with van der Waals surface area (Å²) in [5, 5.41) is 4.67. The number of aromatic nitrogens is 1. The number of benzene rings is 2. The Hall–Kier alpha value is -3.53. The third-order valence-electron chi connectivity index (χ3n) is 5.11. The van der Waals surface area contributed by atoms with Crippen LogP contribution in [0, 0.1) is 17.6 Å². The highest BCUT2D eigenvalue weighted by molar-refractivity contribution is 7.14. The van der Waals surface area contributed by atoms with Crippen LogP contribution in [-0.2, 0) is 9.59 Å². The normalized spacial score (nSPS) is 17.3. The summed E-state index contributed by atoms with van der Waals surface area (Å²) in [4.78, 5) is 31.0. The van der Waals surface area contributed by atoms with Crippen molar-refractivity contribution in [1.29, 1.82) is 0 Å². The third kappa shape index (κ3) is 3.70. The number of anilines is 2. The number of nitrogens with one attached hydrogen (secondary N) is 1. The van der Waals surface area contributed by atoms with Crippen LogP contribution in [0.2, 0.25) is 0 Å². The summed E-state index contributed by atoms with van der Waals surface area (Å²) >= 11 is 1.16. The second-order valence-corrected chi connectivity index (χ2v) is 7.96. The van der Waals surface area contributed by atoms with Crippen molar-refractivity contribution in [3.8, 4) is 22.8 Å². The summed E-state index contributed by atoms with van der Waals surface area (Å²) in [7, 11) is 0. The van der Waals surface area contributed by atoms with Gasteiger partial charge in [-0.05, 0) is 30.3 Å². The molecular formula is C21H15F2N3O4S. The first-order valence-electron chi connectivity index (χ1n) is 9.40. The topological polar surface area (TPSA) is 80.8 Å². The maximum atomic E-state index is 13.5. The van der Waals surface area contributed by atoms with Crippen molar-refractivity contribution in [2.45, 2.75) is 6.42 Å². The molecule has 2 aliphatic heterocycles. The average molecular weight is 443 g/mol. The van der Waals surface area contributed by atoms with Gasteiger partial charge in [0.1, 0.15) is 0 Å². The molecule has 2 aromatic carbocycles. The lowest BCUT2D eigenvalue weighted by Crippen LogP contribution is -2.28. The number of fused-ring (bicyclic) bond motifs is 1. The molecule has 158 valence electrons. The van der Waals surface area contributed by atoms with E-state index < -0.39 is 17.6 Å². The Morgan fingerprint density at radius 2 is 1.97 bits per heavy atom. The fraction of sp³-hybridized carbons (Fsp3) is 0.190. The molecule has 0 saturated carbocycles. The minimum Gasteiger partial charge on any atom is -0.454 e. The van der Waals surface area contributed by atoms with Crippen LogP contribution < -0.4 is 19.7 Å². The van der Waals surface area contributed by atoms with E-state index in [1.807, 2.05) is 0 Å². The van der Waals surface area contributed by atoms with E-state index in [1.165, 1.54) is 6.07 Å². The number of amides is 2. The number of ether oxygens (including phenoxy) is 2. The second kappa shape index (κ2) is 7.62. The van der Waals surface area contributed by atoms with Gasteiger partial charge in [0.2, 0.25) is 18.6 Å². The summed E-state index contributed by atoms with van der Waals surface area (Å²) in [5.41, 5.74) is 1.46. The van der Waals surface area contributed by atoms with Gasteiger partial charge < -0.3 is 19.7 Å². The maximum Gasteiger partial charge on any atom is 0.231 e. The standard InChI is InChI=1S/C21H15F2N3O4S/c22-14-3-1-11(5-15(14)23)16-9-31-21(24-16)25-20(28)12-6-19(27)26(8-12)13-2-4-17-18(7-13)30-10-29-17/h1-5,7,9,12H,6,8,10H2,(H,24,25,28)/t12-/m1/s1. The number of rotatable bonds is 4. The van der Waals surface area contributed by atoms with Crippen molar-refractivity contribution in [3.05, 3.63) is 53.4 Å². The van der Waals surface area contributed by atoms with Crippen LogP contribution in [0.5, 0.6) is 11.5 Å². The first-order valence-corrected chi connectivity index (χ1v) is 10.3. The predicted molar refractivity (Wildman–Crippen MR) is 109 cm³/mol. The lowest BCUT2D eigenvalue weighted by Gasteiger charge is -2.17. The molecule has 10 heteroatoms. The fourth-order valence-electron chi connectivity index (χ4n) is 3.51. The van der Waals surface area contributed by atoms with Crippen molar-refractivity contribution in [2.75, 3.05) is 23.6 Å². The molecule has 3 aromatic rings. The Balaban J connectivity index is 1.27. The first kappa shape index (κ1) is 19.4. The molecule has 5 rings (SSSR count). The van der Waals surface area contributed by atoms with Crippen LogP contribution in [0.15, 0.2) is 41.8 Å². The minimum atomic E-state index is -0.968. The molecule has 3 heterocycles. The monoisotopic (exact) mass is 443 g/mol. The molecule has 0 radical (unpaired) electrons. The summed E-state index contributed by atoms with van der Waals surface area (Å²) in [6, 6.07) is 8.69. The maximum absolute atomic E-state index is 13.5. The van der Waals surface area contributed by atoms with Crippen LogP contribution in [-0.4, -0.2) is 30.1 Å². The average Bonchev–Trinajstić information content (AvgIpc) is 3.49. The number of hydrogen-bond donors (Lipinski definition) is 1. The van der Waals surface area contributed by atoms with Crippen molar-refractivity contribution in [2.24, 2.45) is 5.92 Å². The summed E-state index contributed by atoms with van der Waals surface area (Å²) < 4.78 is 37.2. The number of nitrogens with zero attached hydrogens (tertiary/aromatic N) is 2. The Bertz CT molecular complexity index is 1200. The van der Waals surface area contributed by atoms with Gasteiger partial charge in [-0.2, -0.15) is 0 Å². The van der Waals surface area contributed by atoms with Gasteiger partial charge in [0, 0.05) is 35.7 Å². The largest absolute Gasteiger partial charge is 0.454 e. The zero-order valence-electron chi connectivity index (χ0n) is 15.9. The molecule has 1 aromatic heterocycles. The number of carbonyl (C=O) groups is 2. The van der Waals surface area contributed by atoms with Crippen molar-refractivity contribution >= 4 is 34.0 Å². The van der Waals surface area contributed by atoms with E-state index in [1.54, 1.807) is 28.5 Å². The Morgan fingerprint density at radius 1 is 1.13 bits per heavy atom. The highest BCUT2D eigenvalue weighted by atomic mass is 32.1. The Morgan fingerprint density at radius 3 is 2.81 bits per heavy atom. The van der Waals surface area contributed by atoms with E-state index in [2.05, 4.69) is 10.3 Å². The molecule has 2 aliphatic rings. The van der Waals surface area contributed by atoms with Crippen LogP contribution in [0.25, 0.3) is 11.3 Å². The molecule has 1 saturated heterocycles. The van der Waals surface area contributed by atoms with Gasteiger partial charge in [-0.25, -0.2) is 13.8 Å². The van der Waals surface area contributed by atoms with Gasteiger partial charge in [-0.15, -0.1) is 11.3 Å². The van der Waals surface area contributed by atoms with E-state index in [-0.39, 0.29) is 31.6 Å². The SMILES string of the molecule is O=C(Nc1nc(-c2ccc(F)c(F)c2)cs1)[C@@H]1CC(=O)N(c2ccc3c(c2)OCO3)C1. The molecule has 1 atom stereocenters. The number of hydrogen-bond acceptors (Lipinski definition) is 6. The summed E-state index contributed by atoms with van der Waals surface area (Å²) in [6.07, 6.45) is 0.0711. The number of carbonyl (C=O) groups excluding carboxylic acids is 2. The van der Waals surface area contributed by atoms with E-state index >= 15 is 0 Å². The molecule has 0 bridgehead atoms. The zero-order chi connectivity index (χ0) is 21.5. The third-order valence-corrected chi connectivity index (χ3v) is 5.87. The molecule has 1 fully saturated rings. The summed E-state index contributed by atoms with van der Waals surface area (Å²) in [5.74, 6) is -1.78. The van der Waals surface area contributed by atoms with Gasteiger partial charge in [0.15, 0.2) is 28.3 Å². The molecule has 0 aliphatic carbocycles. The van der Waals surface area contributed by atoms with E-state index in [0.717, 1.165) is 23.5 Å². The second-order valence-electron chi connectivity index (χ2n) is 7.10. The molecule has 0 spiro atoms. The molecule has 31 heavy (non-hydrogen) atoms. The van der Waals surface area contributed by atoms with E-state index in [0.29, 0.717) is 33.6 Å². The highest BCUT2D eigenvalue weighted by Gasteiger charge is 2.36. The van der Waals surface area contributed by atoms with Gasteiger partial charge in [0.05, 0.1) is 11.6 Å². The number of halogens is 2.